The van der Waals surface area contributed by atoms with Crippen molar-refractivity contribution < 1.29 is 9.31 Å². The number of anilines is 1. The van der Waals surface area contributed by atoms with Crippen molar-refractivity contribution in [1.82, 2.24) is 0 Å². The van der Waals surface area contributed by atoms with Gasteiger partial charge >= 0.3 is 5.69 Å². The van der Waals surface area contributed by atoms with Crippen LogP contribution >= 0.6 is 0 Å². The highest BCUT2D eigenvalue weighted by atomic mass is 19.1. The van der Waals surface area contributed by atoms with Gasteiger partial charge in [-0.05, 0) is 12.1 Å². The number of para-hydroxylation sites is 1. The first kappa shape index (κ1) is 11.0. The number of hydrogen-bond donors (Lipinski definition) is 1. The molecule has 0 fully saturated rings. The molecule has 0 saturated carbocycles. The van der Waals surface area contributed by atoms with E-state index in [4.69, 9.17) is 6.42 Å². The number of halogens is 1. The van der Waals surface area contributed by atoms with Crippen LogP contribution in [0.3, 0.4) is 0 Å². The third kappa shape index (κ3) is 2.68. The zero-order chi connectivity index (χ0) is 11.3. The van der Waals surface area contributed by atoms with E-state index in [-0.39, 0.29) is 5.69 Å². The van der Waals surface area contributed by atoms with Gasteiger partial charge in [-0.25, -0.2) is 0 Å². The summed E-state index contributed by atoms with van der Waals surface area (Å²) in [5, 5.41) is 13.3. The molecule has 5 heteroatoms. The van der Waals surface area contributed by atoms with Crippen LogP contribution in [-0.2, 0) is 0 Å². The Hall–Kier alpha value is -2.09. The monoisotopic (exact) mass is 208 g/mol. The number of nitro benzene ring substituents is 1. The second-order valence-electron chi connectivity index (χ2n) is 2.77. The summed E-state index contributed by atoms with van der Waals surface area (Å²) >= 11 is 0. The second-order valence-corrected chi connectivity index (χ2v) is 2.77. The lowest BCUT2D eigenvalue weighted by Crippen LogP contribution is -2.04. The lowest BCUT2D eigenvalue weighted by molar-refractivity contribution is -0.386. The van der Waals surface area contributed by atoms with E-state index < -0.39 is 16.4 Å². The summed E-state index contributed by atoms with van der Waals surface area (Å²) < 4.78 is 13.1. The zero-order valence-electron chi connectivity index (χ0n) is 7.87. The van der Waals surface area contributed by atoms with E-state index in [1.54, 1.807) is 0 Å². The maximum Gasteiger partial charge on any atom is 0.327 e. The van der Waals surface area contributed by atoms with E-state index in [2.05, 4.69) is 11.2 Å². The van der Waals surface area contributed by atoms with Gasteiger partial charge in [0.25, 0.3) is 0 Å². The minimum atomic E-state index is -0.856. The maximum atomic E-state index is 13.1. The molecule has 78 valence electrons. The second kappa shape index (κ2) is 4.96. The number of rotatable bonds is 4. The summed E-state index contributed by atoms with van der Waals surface area (Å²) in [5.74, 6) is 1.52. The summed E-state index contributed by atoms with van der Waals surface area (Å²) in [6.45, 7) is 0.376. The molecular formula is C10H9FN2O2. The van der Waals surface area contributed by atoms with Crippen LogP contribution in [0, 0.1) is 28.3 Å². The lowest BCUT2D eigenvalue weighted by Gasteiger charge is -2.05. The van der Waals surface area contributed by atoms with Crippen molar-refractivity contribution in [3.63, 3.8) is 0 Å². The van der Waals surface area contributed by atoms with E-state index in [0.29, 0.717) is 13.0 Å². The third-order valence-electron chi connectivity index (χ3n) is 1.75. The van der Waals surface area contributed by atoms with E-state index in [9.17, 15) is 14.5 Å². The van der Waals surface area contributed by atoms with Crippen molar-refractivity contribution >= 4 is 11.4 Å². The molecule has 0 aliphatic rings. The lowest BCUT2D eigenvalue weighted by atomic mass is 10.2. The molecule has 0 aliphatic carbocycles. The molecule has 0 radical (unpaired) electrons. The van der Waals surface area contributed by atoms with Crippen molar-refractivity contribution in [2.75, 3.05) is 11.9 Å². The molecule has 0 aromatic heterocycles. The van der Waals surface area contributed by atoms with Crippen LogP contribution < -0.4 is 5.32 Å². The Morgan fingerprint density at radius 1 is 1.60 bits per heavy atom. The fourth-order valence-corrected chi connectivity index (χ4v) is 1.11. The molecule has 0 spiro atoms. The molecule has 0 unspecified atom stereocenters. The van der Waals surface area contributed by atoms with Gasteiger partial charge in [-0.15, -0.1) is 12.3 Å². The van der Waals surface area contributed by atoms with Crippen molar-refractivity contribution in [2.45, 2.75) is 6.42 Å². The van der Waals surface area contributed by atoms with Crippen LogP contribution in [0.5, 0.6) is 0 Å². The van der Waals surface area contributed by atoms with Gasteiger partial charge in [0, 0.05) is 13.0 Å². The van der Waals surface area contributed by atoms with E-state index >= 15 is 0 Å². The number of hydrogen-bond acceptors (Lipinski definition) is 3. The van der Waals surface area contributed by atoms with Crippen molar-refractivity contribution in [1.29, 1.82) is 0 Å². The van der Waals surface area contributed by atoms with Crippen molar-refractivity contribution in [3.8, 4) is 12.3 Å². The number of benzene rings is 1. The molecule has 4 nitrogen and oxygen atoms in total. The molecule has 15 heavy (non-hydrogen) atoms. The van der Waals surface area contributed by atoms with Crippen LogP contribution in [-0.4, -0.2) is 11.5 Å². The quantitative estimate of drug-likeness (QED) is 0.357. The van der Waals surface area contributed by atoms with Gasteiger partial charge in [0.1, 0.15) is 5.69 Å². The average molecular weight is 208 g/mol. The number of nitrogens with one attached hydrogen (secondary N) is 1. The molecular weight excluding hydrogens is 199 g/mol. The highest BCUT2D eigenvalue weighted by molar-refractivity contribution is 5.61. The highest BCUT2D eigenvalue weighted by Gasteiger charge is 2.18. The number of nitro groups is 1. The van der Waals surface area contributed by atoms with Crippen LogP contribution in [0.4, 0.5) is 15.8 Å². The molecule has 0 bridgehead atoms. The Bertz CT molecular complexity index is 412. The Morgan fingerprint density at radius 2 is 2.33 bits per heavy atom. The predicted molar refractivity (Wildman–Crippen MR) is 55.0 cm³/mol. The SMILES string of the molecule is C#CCCNc1cccc(F)c1[N+](=O)[O-]. The Morgan fingerprint density at radius 3 is 2.93 bits per heavy atom. The Kier molecular flexibility index (Phi) is 3.63. The van der Waals surface area contributed by atoms with Gasteiger partial charge in [-0.3, -0.25) is 10.1 Å². The Balaban J connectivity index is 2.92. The molecule has 0 aliphatic heterocycles. The van der Waals surface area contributed by atoms with E-state index in [0.717, 1.165) is 6.07 Å². The molecule has 0 atom stereocenters. The van der Waals surface area contributed by atoms with Gasteiger partial charge in [-0.1, -0.05) is 6.07 Å². The van der Waals surface area contributed by atoms with Crippen LogP contribution in [0.1, 0.15) is 6.42 Å². The molecule has 1 rings (SSSR count). The van der Waals surface area contributed by atoms with Gasteiger partial charge in [0.05, 0.1) is 4.92 Å². The van der Waals surface area contributed by atoms with Gasteiger partial charge < -0.3 is 5.32 Å². The summed E-state index contributed by atoms with van der Waals surface area (Å²) in [7, 11) is 0. The van der Waals surface area contributed by atoms with Crippen LogP contribution in [0.15, 0.2) is 18.2 Å². The van der Waals surface area contributed by atoms with Gasteiger partial charge in [0.2, 0.25) is 5.82 Å². The maximum absolute atomic E-state index is 13.1. The summed E-state index contributed by atoms with van der Waals surface area (Å²) in [6.07, 6.45) is 5.45. The normalized spacial score (nSPS) is 9.33. The third-order valence-corrected chi connectivity index (χ3v) is 1.75. The van der Waals surface area contributed by atoms with Crippen LogP contribution in [0.2, 0.25) is 0 Å². The van der Waals surface area contributed by atoms with Crippen molar-refractivity contribution in [3.05, 3.63) is 34.1 Å². The molecule has 1 N–H and O–H groups in total. The molecule has 1 aromatic carbocycles. The fraction of sp³-hybridized carbons (Fsp3) is 0.200. The number of nitrogens with zero attached hydrogens (tertiary/aromatic N) is 1. The highest BCUT2D eigenvalue weighted by Crippen LogP contribution is 2.26. The van der Waals surface area contributed by atoms with E-state index in [1.165, 1.54) is 12.1 Å². The van der Waals surface area contributed by atoms with Gasteiger partial charge in [-0.2, -0.15) is 4.39 Å². The first-order valence-corrected chi connectivity index (χ1v) is 4.27. The topological polar surface area (TPSA) is 55.2 Å². The summed E-state index contributed by atoms with van der Waals surface area (Å²) in [6, 6.07) is 3.89. The summed E-state index contributed by atoms with van der Waals surface area (Å²) in [4.78, 5) is 9.80. The minimum absolute atomic E-state index is 0.148. The molecule has 1 aromatic rings. The summed E-state index contributed by atoms with van der Waals surface area (Å²) in [5.41, 5.74) is -0.398. The molecule has 0 heterocycles. The first-order chi connectivity index (χ1) is 7.16. The fourth-order valence-electron chi connectivity index (χ4n) is 1.11. The minimum Gasteiger partial charge on any atom is -0.378 e. The zero-order valence-corrected chi connectivity index (χ0v) is 7.87. The average Bonchev–Trinajstić information content (AvgIpc) is 2.17. The standard InChI is InChI=1S/C10H9FN2O2/c1-2-3-7-12-9-6-4-5-8(11)10(9)13(14)15/h1,4-6,12H,3,7H2. The molecule has 0 amide bonds. The first-order valence-electron chi connectivity index (χ1n) is 4.27. The van der Waals surface area contributed by atoms with Crippen LogP contribution in [0.25, 0.3) is 0 Å². The van der Waals surface area contributed by atoms with Crippen molar-refractivity contribution in [2.24, 2.45) is 0 Å². The number of terminal acetylenes is 1. The predicted octanol–water partition coefficient (Wildman–Crippen LogP) is 2.17. The largest absolute Gasteiger partial charge is 0.378 e. The Labute approximate surface area is 86.3 Å². The molecule has 0 saturated heterocycles. The van der Waals surface area contributed by atoms with Gasteiger partial charge in [0.15, 0.2) is 0 Å². The smallest absolute Gasteiger partial charge is 0.327 e. The van der Waals surface area contributed by atoms with E-state index in [1.807, 2.05) is 0 Å².